The second kappa shape index (κ2) is 9.40. The lowest BCUT2D eigenvalue weighted by atomic mass is 9.47. The third-order valence-electron chi connectivity index (χ3n) is 14.6. The van der Waals surface area contributed by atoms with E-state index >= 15 is 0 Å². The third kappa shape index (κ3) is 4.00. The van der Waals surface area contributed by atoms with Crippen LogP contribution in [0.4, 0.5) is 0 Å². The van der Waals surface area contributed by atoms with E-state index in [0.717, 1.165) is 61.2 Å². The molecule has 2 heteroatoms. The lowest BCUT2D eigenvalue weighted by molar-refractivity contribution is -0.118. The number of allylic oxidation sites excluding steroid dienone is 8. The molecule has 0 radical (unpaired) electrons. The van der Waals surface area contributed by atoms with Gasteiger partial charge in [0.1, 0.15) is 0 Å². The maximum absolute atomic E-state index is 11.8. The maximum atomic E-state index is 11.8. The van der Waals surface area contributed by atoms with E-state index in [1.54, 1.807) is 0 Å². The minimum Gasteiger partial charge on any atom is -0.295 e. The number of ketones is 2. The molecule has 0 amide bonds. The third-order valence-corrected chi connectivity index (χ3v) is 14.6. The highest BCUT2D eigenvalue weighted by Crippen LogP contribution is 2.65. The summed E-state index contributed by atoms with van der Waals surface area (Å²) in [5.74, 6) is 5.92. The summed E-state index contributed by atoms with van der Waals surface area (Å²) in [4.78, 5) is 23.5. The molecule has 0 aromatic carbocycles. The fourth-order valence-corrected chi connectivity index (χ4v) is 12.1. The lowest BCUT2D eigenvalue weighted by Crippen LogP contribution is -2.49. The molecule has 8 aliphatic carbocycles. The van der Waals surface area contributed by atoms with Gasteiger partial charge in [-0.1, -0.05) is 63.1 Å². The van der Waals surface area contributed by atoms with E-state index in [-0.39, 0.29) is 0 Å². The molecule has 0 saturated heterocycles. The summed E-state index contributed by atoms with van der Waals surface area (Å²) in [5, 5.41) is 0. The zero-order valence-electron chi connectivity index (χ0n) is 25.6. The van der Waals surface area contributed by atoms with E-state index in [9.17, 15) is 9.59 Å². The van der Waals surface area contributed by atoms with Crippen LogP contribution in [0.5, 0.6) is 0 Å². The lowest BCUT2D eigenvalue weighted by Gasteiger charge is -2.57. The van der Waals surface area contributed by atoms with E-state index in [4.69, 9.17) is 0 Å². The SMILES string of the molecule is C[C@@]12C=CC[C@H]1[C@@H]1CCC3=CC(=O)CC[C@]3(C)[C@H]1CC2.C[C@@]12C=CC[C@H]1[C@@H]1CCC3=CC(=O)CC[C@]3(C)[C@H]1CC2. The Labute approximate surface area is 243 Å². The van der Waals surface area contributed by atoms with Gasteiger partial charge in [0.2, 0.25) is 0 Å². The molecule has 0 aliphatic heterocycles. The monoisotopic (exact) mass is 540 g/mol. The quantitative estimate of drug-likeness (QED) is 0.287. The van der Waals surface area contributed by atoms with E-state index in [1.807, 2.05) is 12.2 Å². The number of hydrogen-bond donors (Lipinski definition) is 0. The van der Waals surface area contributed by atoms with Crippen LogP contribution in [0.15, 0.2) is 47.6 Å². The molecular formula is C38H52O2. The summed E-state index contributed by atoms with van der Waals surface area (Å²) in [7, 11) is 0. The second-order valence-electron chi connectivity index (χ2n) is 16.3. The second-order valence-corrected chi connectivity index (χ2v) is 16.3. The van der Waals surface area contributed by atoms with Gasteiger partial charge in [0.15, 0.2) is 11.6 Å². The number of carbonyl (C=O) groups is 2. The Morgan fingerprint density at radius 2 is 0.975 bits per heavy atom. The van der Waals surface area contributed by atoms with Crippen molar-refractivity contribution in [1.29, 1.82) is 0 Å². The van der Waals surface area contributed by atoms with Crippen molar-refractivity contribution in [2.24, 2.45) is 57.2 Å². The van der Waals surface area contributed by atoms with Gasteiger partial charge >= 0.3 is 0 Å². The first-order valence-corrected chi connectivity index (χ1v) is 16.9. The van der Waals surface area contributed by atoms with Crippen molar-refractivity contribution in [3.05, 3.63) is 47.6 Å². The van der Waals surface area contributed by atoms with Crippen molar-refractivity contribution in [1.82, 2.24) is 0 Å². The molecule has 0 unspecified atom stereocenters. The summed E-state index contributed by atoms with van der Waals surface area (Å²) in [6, 6.07) is 0. The highest BCUT2D eigenvalue weighted by atomic mass is 16.1. The van der Waals surface area contributed by atoms with E-state index in [1.165, 1.54) is 75.4 Å². The summed E-state index contributed by atoms with van der Waals surface area (Å²) in [5.41, 5.74) is 4.60. The van der Waals surface area contributed by atoms with Crippen LogP contribution >= 0.6 is 0 Å². The summed E-state index contributed by atoms with van der Waals surface area (Å²) in [6.07, 6.45) is 30.7. The smallest absolute Gasteiger partial charge is 0.155 e. The maximum Gasteiger partial charge on any atom is 0.155 e. The Kier molecular flexibility index (Phi) is 6.38. The van der Waals surface area contributed by atoms with Crippen LogP contribution in [0.2, 0.25) is 0 Å². The normalized spacial score (nSPS) is 50.2. The molecule has 0 spiro atoms. The summed E-state index contributed by atoms with van der Waals surface area (Å²) < 4.78 is 0. The molecule has 8 aliphatic rings. The molecule has 4 fully saturated rings. The predicted octanol–water partition coefficient (Wildman–Crippen LogP) is 9.37. The molecule has 0 heterocycles. The van der Waals surface area contributed by atoms with Gasteiger partial charge in [-0.2, -0.15) is 0 Å². The number of fused-ring (bicyclic) bond motifs is 10. The van der Waals surface area contributed by atoms with E-state index in [2.05, 4.69) is 52.0 Å². The van der Waals surface area contributed by atoms with Crippen molar-refractivity contribution in [3.63, 3.8) is 0 Å². The average molecular weight is 541 g/mol. The van der Waals surface area contributed by atoms with Gasteiger partial charge in [0, 0.05) is 12.8 Å². The molecular weight excluding hydrogens is 488 g/mol. The highest BCUT2D eigenvalue weighted by molar-refractivity contribution is 5.92. The van der Waals surface area contributed by atoms with Crippen molar-refractivity contribution < 1.29 is 9.59 Å². The van der Waals surface area contributed by atoms with Crippen molar-refractivity contribution in [3.8, 4) is 0 Å². The van der Waals surface area contributed by atoms with Gasteiger partial charge in [-0.3, -0.25) is 9.59 Å². The number of carbonyl (C=O) groups excluding carboxylic acids is 2. The van der Waals surface area contributed by atoms with Crippen LogP contribution in [-0.4, -0.2) is 11.6 Å². The molecule has 2 nitrogen and oxygen atoms in total. The number of rotatable bonds is 0. The molecule has 10 atom stereocenters. The van der Waals surface area contributed by atoms with Crippen LogP contribution in [0, 0.1) is 57.2 Å². The van der Waals surface area contributed by atoms with Crippen LogP contribution in [0.3, 0.4) is 0 Å². The van der Waals surface area contributed by atoms with Crippen LogP contribution in [-0.2, 0) is 9.59 Å². The molecule has 0 aromatic heterocycles. The molecule has 4 saturated carbocycles. The molecule has 0 N–H and O–H groups in total. The first-order valence-electron chi connectivity index (χ1n) is 16.9. The fraction of sp³-hybridized carbons (Fsp3) is 0.737. The van der Waals surface area contributed by atoms with Gasteiger partial charge in [0.25, 0.3) is 0 Å². The van der Waals surface area contributed by atoms with Gasteiger partial charge < -0.3 is 0 Å². The zero-order valence-corrected chi connectivity index (χ0v) is 25.6. The highest BCUT2D eigenvalue weighted by Gasteiger charge is 2.56. The average Bonchev–Trinajstić information content (AvgIpc) is 3.52. The Balaban J connectivity index is 0.000000132. The van der Waals surface area contributed by atoms with Gasteiger partial charge in [-0.15, -0.1) is 0 Å². The fourth-order valence-electron chi connectivity index (χ4n) is 12.1. The molecule has 0 aromatic rings. The van der Waals surface area contributed by atoms with Crippen LogP contribution in [0.1, 0.15) is 118 Å². The van der Waals surface area contributed by atoms with Gasteiger partial charge in [-0.25, -0.2) is 0 Å². The number of hydrogen-bond acceptors (Lipinski definition) is 2. The van der Waals surface area contributed by atoms with E-state index < -0.39 is 0 Å². The summed E-state index contributed by atoms with van der Waals surface area (Å²) in [6.45, 7) is 9.89. The Hall–Kier alpha value is -1.70. The van der Waals surface area contributed by atoms with Gasteiger partial charge in [0.05, 0.1) is 0 Å². The predicted molar refractivity (Wildman–Crippen MR) is 162 cm³/mol. The van der Waals surface area contributed by atoms with Crippen molar-refractivity contribution in [2.45, 2.75) is 118 Å². The minimum atomic E-state index is 0.334. The van der Waals surface area contributed by atoms with Crippen LogP contribution < -0.4 is 0 Å². The zero-order chi connectivity index (χ0) is 27.9. The Morgan fingerprint density at radius 1 is 0.550 bits per heavy atom. The standard InChI is InChI=1S/2C19H26O/c2*1-18-9-3-4-16(18)15-6-5-13-12-14(20)7-11-19(13,2)17(15)8-10-18/h2*3,9,12,15-17H,4-8,10-11H2,1-2H3/t2*15-,16-,17-,18-,19-/m00/s1. The van der Waals surface area contributed by atoms with Gasteiger partial charge in [-0.05, 0) is 146 Å². The molecule has 8 rings (SSSR count). The van der Waals surface area contributed by atoms with Crippen molar-refractivity contribution >= 4 is 11.6 Å². The van der Waals surface area contributed by atoms with E-state index in [0.29, 0.717) is 33.2 Å². The molecule has 40 heavy (non-hydrogen) atoms. The molecule has 216 valence electrons. The molecule has 0 bridgehead atoms. The van der Waals surface area contributed by atoms with Crippen LogP contribution in [0.25, 0.3) is 0 Å². The topological polar surface area (TPSA) is 34.1 Å². The Bertz CT molecular complexity index is 1120. The minimum absolute atomic E-state index is 0.334. The summed E-state index contributed by atoms with van der Waals surface area (Å²) >= 11 is 0. The Morgan fingerprint density at radius 3 is 1.40 bits per heavy atom. The first-order chi connectivity index (χ1) is 19.1. The van der Waals surface area contributed by atoms with Crippen molar-refractivity contribution in [2.75, 3.05) is 0 Å². The largest absolute Gasteiger partial charge is 0.295 e. The first kappa shape index (κ1) is 27.2.